The average Bonchev–Trinajstić information content (AvgIpc) is 3.88. The van der Waals surface area contributed by atoms with Gasteiger partial charge in [-0.1, -0.05) is 12.1 Å². The van der Waals surface area contributed by atoms with Gasteiger partial charge in [0.05, 0.1) is 51.5 Å². The second-order valence-corrected chi connectivity index (χ2v) is 14.3. The van der Waals surface area contributed by atoms with Crippen LogP contribution in [0.25, 0.3) is 0 Å². The molecule has 4 fully saturated rings. The summed E-state index contributed by atoms with van der Waals surface area (Å²) in [4.78, 5) is 27.9. The number of aromatic amines is 2. The largest absolute Gasteiger partial charge is 0.378 e. The van der Waals surface area contributed by atoms with Crippen LogP contribution in [0, 0.1) is 11.6 Å². The first-order valence-corrected chi connectivity index (χ1v) is 19.0. The first-order valence-electron chi connectivity index (χ1n) is 19.0. The first-order chi connectivity index (χ1) is 26.0. The average molecular weight is 733 g/mol. The Labute approximate surface area is 309 Å². The highest BCUT2D eigenvalue weighted by Crippen LogP contribution is 2.29. The summed E-state index contributed by atoms with van der Waals surface area (Å²) >= 11 is 0. The lowest BCUT2D eigenvalue weighted by Gasteiger charge is -2.41. The zero-order chi connectivity index (χ0) is 36.0. The minimum absolute atomic E-state index is 0.0103. The molecule has 4 saturated heterocycles. The maximum absolute atomic E-state index is 14.4. The molecule has 0 radical (unpaired) electrons. The second kappa shape index (κ2) is 16.6. The molecule has 8 rings (SSSR count). The molecule has 1 unspecified atom stereocenters. The molecule has 15 heteroatoms. The fraction of sp³-hybridized carbons (Fsp3) is 0.526. The van der Waals surface area contributed by atoms with Crippen molar-refractivity contribution in [2.24, 2.45) is 0 Å². The summed E-state index contributed by atoms with van der Waals surface area (Å²) in [5.41, 5.74) is 1.72. The Hall–Kier alpha value is -4.60. The lowest BCUT2D eigenvalue weighted by atomic mass is 10.0. The SMILES string of the molecule is Fc1cccc(N2CC(OCCN(c3ncc(N4CCOCC4)[nH]3)[C@H]3CCCN(c4cccc(F)c4)C3)C[C@@H](Nc3ncc(N4CCOCC4)[nH]3)C2)c1. The summed E-state index contributed by atoms with van der Waals surface area (Å²) < 4.78 is 46.5. The van der Waals surface area contributed by atoms with E-state index in [1.807, 2.05) is 24.5 Å². The van der Waals surface area contributed by atoms with E-state index in [-0.39, 0.29) is 29.8 Å². The Morgan fingerprint density at radius 3 is 2.13 bits per heavy atom. The topological polar surface area (TPSA) is 113 Å². The van der Waals surface area contributed by atoms with E-state index in [1.54, 1.807) is 24.3 Å². The van der Waals surface area contributed by atoms with E-state index in [1.165, 1.54) is 12.1 Å². The van der Waals surface area contributed by atoms with Crippen molar-refractivity contribution < 1.29 is 23.0 Å². The standard InChI is InChI=1S/C38H50F2N10O3/c39-28-4-1-6-31(20-28)48-9-3-8-33(26-48)50(38-42-24-36(45-38)47-12-17-52-18-13-47)14-19-53-34-22-30(25-49(27-34)32-7-2-5-29(40)21-32)43-37-41-23-35(44-37)46-10-15-51-16-11-46/h1-2,4-7,20-21,23-24,30,33-34H,3,8-19,22,25-27H2,(H,42,45)(H2,41,43,44)/t30-,33+,34?/m1/s1. The summed E-state index contributed by atoms with van der Waals surface area (Å²) in [5, 5.41) is 3.61. The Bertz CT molecular complexity index is 1760. The number of anilines is 6. The summed E-state index contributed by atoms with van der Waals surface area (Å²) in [6.07, 6.45) is 6.39. The number of nitrogens with zero attached hydrogens (tertiary/aromatic N) is 7. The van der Waals surface area contributed by atoms with Crippen LogP contribution < -0.4 is 29.8 Å². The van der Waals surface area contributed by atoms with Crippen LogP contribution in [0.4, 0.5) is 43.7 Å². The summed E-state index contributed by atoms with van der Waals surface area (Å²) in [5.74, 6) is 2.97. The van der Waals surface area contributed by atoms with E-state index in [0.29, 0.717) is 58.6 Å². The van der Waals surface area contributed by atoms with Gasteiger partial charge in [-0.15, -0.1) is 0 Å². The van der Waals surface area contributed by atoms with Crippen molar-refractivity contribution in [1.29, 1.82) is 0 Å². The van der Waals surface area contributed by atoms with Crippen molar-refractivity contribution in [1.82, 2.24) is 19.9 Å². The molecular weight excluding hydrogens is 682 g/mol. The number of aromatic nitrogens is 4. The number of benzene rings is 2. The molecule has 13 nitrogen and oxygen atoms in total. The highest BCUT2D eigenvalue weighted by atomic mass is 19.1. The maximum atomic E-state index is 14.4. The van der Waals surface area contributed by atoms with Crippen molar-refractivity contribution in [3.05, 3.63) is 72.6 Å². The number of hydrogen-bond donors (Lipinski definition) is 3. The Kier molecular flexibility index (Phi) is 11.1. The third kappa shape index (κ3) is 8.79. The molecule has 0 amide bonds. The minimum atomic E-state index is -0.262. The fourth-order valence-corrected chi connectivity index (χ4v) is 8.01. The molecule has 6 heterocycles. The predicted molar refractivity (Wildman–Crippen MR) is 203 cm³/mol. The van der Waals surface area contributed by atoms with Gasteiger partial charge in [0.1, 0.15) is 23.3 Å². The van der Waals surface area contributed by atoms with Gasteiger partial charge in [-0.2, -0.15) is 0 Å². The van der Waals surface area contributed by atoms with Gasteiger partial charge in [-0.3, -0.25) is 0 Å². The molecule has 3 N–H and O–H groups in total. The summed E-state index contributed by atoms with van der Waals surface area (Å²) in [6.45, 7) is 10.1. The van der Waals surface area contributed by atoms with Gasteiger partial charge in [0.15, 0.2) is 0 Å². The number of piperidine rings is 2. The maximum Gasteiger partial charge on any atom is 0.204 e. The number of nitrogens with one attached hydrogen (secondary N) is 3. The zero-order valence-electron chi connectivity index (χ0n) is 30.1. The molecule has 2 aromatic carbocycles. The number of morpholine rings is 2. The van der Waals surface area contributed by atoms with E-state index < -0.39 is 0 Å². The van der Waals surface area contributed by atoms with Crippen LogP contribution in [-0.4, -0.2) is 130 Å². The second-order valence-electron chi connectivity index (χ2n) is 14.3. The fourth-order valence-electron chi connectivity index (χ4n) is 8.01. The van der Waals surface area contributed by atoms with Crippen molar-refractivity contribution in [3.63, 3.8) is 0 Å². The lowest BCUT2D eigenvalue weighted by Crippen LogP contribution is -2.51. The number of hydrogen-bond acceptors (Lipinski definition) is 11. The predicted octanol–water partition coefficient (Wildman–Crippen LogP) is 4.34. The van der Waals surface area contributed by atoms with E-state index in [9.17, 15) is 8.78 Å². The molecule has 0 saturated carbocycles. The van der Waals surface area contributed by atoms with Crippen LogP contribution in [0.1, 0.15) is 19.3 Å². The Morgan fingerprint density at radius 1 is 0.774 bits per heavy atom. The normalized spacial score (nSPS) is 22.6. The molecular formula is C38H50F2N10O3. The highest BCUT2D eigenvalue weighted by molar-refractivity contribution is 5.51. The van der Waals surface area contributed by atoms with Gasteiger partial charge in [-0.05, 0) is 55.7 Å². The van der Waals surface area contributed by atoms with Crippen LogP contribution in [-0.2, 0) is 14.2 Å². The Morgan fingerprint density at radius 2 is 1.43 bits per heavy atom. The van der Waals surface area contributed by atoms with Gasteiger partial charge >= 0.3 is 0 Å². The number of H-pyrrole nitrogens is 2. The highest BCUT2D eigenvalue weighted by Gasteiger charge is 2.32. The van der Waals surface area contributed by atoms with Gasteiger partial charge in [0, 0.05) is 82.4 Å². The van der Waals surface area contributed by atoms with Crippen molar-refractivity contribution >= 4 is 34.9 Å². The lowest BCUT2D eigenvalue weighted by molar-refractivity contribution is 0.0443. The third-order valence-corrected chi connectivity index (χ3v) is 10.7. The van der Waals surface area contributed by atoms with Crippen molar-refractivity contribution in [3.8, 4) is 0 Å². The van der Waals surface area contributed by atoms with Crippen LogP contribution in [0.15, 0.2) is 60.9 Å². The quantitative estimate of drug-likeness (QED) is 0.194. The third-order valence-electron chi connectivity index (χ3n) is 10.7. The summed E-state index contributed by atoms with van der Waals surface area (Å²) in [6, 6.07) is 13.8. The van der Waals surface area contributed by atoms with E-state index in [2.05, 4.69) is 44.8 Å². The molecule has 0 bridgehead atoms. The molecule has 2 aromatic heterocycles. The molecule has 0 aliphatic carbocycles. The first kappa shape index (κ1) is 35.4. The van der Waals surface area contributed by atoms with Gasteiger partial charge < -0.3 is 54.0 Å². The number of rotatable bonds is 12. The van der Waals surface area contributed by atoms with E-state index in [0.717, 1.165) is 87.5 Å². The molecule has 53 heavy (non-hydrogen) atoms. The molecule has 4 aromatic rings. The number of halogens is 2. The van der Waals surface area contributed by atoms with Crippen LogP contribution in [0.3, 0.4) is 0 Å². The molecule has 4 aliphatic heterocycles. The van der Waals surface area contributed by atoms with Gasteiger partial charge in [0.25, 0.3) is 0 Å². The molecule has 284 valence electrons. The van der Waals surface area contributed by atoms with Gasteiger partial charge in [0.2, 0.25) is 11.9 Å². The monoisotopic (exact) mass is 732 g/mol. The van der Waals surface area contributed by atoms with Crippen molar-refractivity contribution in [2.45, 2.75) is 37.5 Å². The van der Waals surface area contributed by atoms with Crippen LogP contribution >= 0.6 is 0 Å². The Balaban J connectivity index is 0.973. The zero-order valence-corrected chi connectivity index (χ0v) is 30.1. The minimum Gasteiger partial charge on any atom is -0.378 e. The van der Waals surface area contributed by atoms with Gasteiger partial charge in [-0.25, -0.2) is 18.7 Å². The van der Waals surface area contributed by atoms with E-state index in [4.69, 9.17) is 19.2 Å². The number of imidazole rings is 2. The number of ether oxygens (including phenoxy) is 3. The van der Waals surface area contributed by atoms with Crippen LogP contribution in [0.2, 0.25) is 0 Å². The van der Waals surface area contributed by atoms with E-state index >= 15 is 0 Å². The van der Waals surface area contributed by atoms with Crippen molar-refractivity contribution in [2.75, 3.05) is 122 Å². The molecule has 4 aliphatic rings. The molecule has 3 atom stereocenters. The summed E-state index contributed by atoms with van der Waals surface area (Å²) in [7, 11) is 0. The molecule has 0 spiro atoms. The van der Waals surface area contributed by atoms with Crippen LogP contribution in [0.5, 0.6) is 0 Å². The smallest absolute Gasteiger partial charge is 0.204 e.